The van der Waals surface area contributed by atoms with Gasteiger partial charge < -0.3 is 15.0 Å². The van der Waals surface area contributed by atoms with Crippen LogP contribution < -0.4 is 5.32 Å². The summed E-state index contributed by atoms with van der Waals surface area (Å²) in [6, 6.07) is 13.6. The Bertz CT molecular complexity index is 859. The number of aromatic nitrogens is 2. The highest BCUT2D eigenvalue weighted by Gasteiger charge is 2.17. The SMILES string of the molecule is Cc1ccccc1C(O)CNC(C)c1nc2cc(Cl)ccc2n1C. The van der Waals surface area contributed by atoms with Crippen LogP contribution in [0.3, 0.4) is 0 Å². The molecule has 2 unspecified atom stereocenters. The third-order valence-electron chi connectivity index (χ3n) is 4.43. The predicted molar refractivity (Wildman–Crippen MR) is 98.3 cm³/mol. The first-order chi connectivity index (χ1) is 11.5. The van der Waals surface area contributed by atoms with Crippen molar-refractivity contribution in [1.29, 1.82) is 0 Å². The zero-order valence-electron chi connectivity index (χ0n) is 14.1. The van der Waals surface area contributed by atoms with Gasteiger partial charge in [-0.2, -0.15) is 0 Å². The number of hydrogen-bond donors (Lipinski definition) is 2. The number of nitrogens with one attached hydrogen (secondary N) is 1. The van der Waals surface area contributed by atoms with Gasteiger partial charge in [0.1, 0.15) is 5.82 Å². The van der Waals surface area contributed by atoms with Crippen LogP contribution >= 0.6 is 11.6 Å². The number of rotatable bonds is 5. The second-order valence-electron chi connectivity index (χ2n) is 6.16. The van der Waals surface area contributed by atoms with Crippen LogP contribution in [0.2, 0.25) is 5.02 Å². The molecule has 0 saturated heterocycles. The summed E-state index contributed by atoms with van der Waals surface area (Å²) < 4.78 is 2.06. The van der Waals surface area contributed by atoms with Crippen LogP contribution in [0.25, 0.3) is 11.0 Å². The van der Waals surface area contributed by atoms with Gasteiger partial charge in [-0.3, -0.25) is 0 Å². The quantitative estimate of drug-likeness (QED) is 0.738. The molecule has 0 spiro atoms. The van der Waals surface area contributed by atoms with Gasteiger partial charge in [-0.05, 0) is 43.2 Å². The summed E-state index contributed by atoms with van der Waals surface area (Å²) >= 11 is 6.05. The topological polar surface area (TPSA) is 50.1 Å². The summed E-state index contributed by atoms with van der Waals surface area (Å²) in [4.78, 5) is 4.68. The highest BCUT2D eigenvalue weighted by Crippen LogP contribution is 2.23. The van der Waals surface area contributed by atoms with E-state index in [0.29, 0.717) is 11.6 Å². The Morgan fingerprint density at radius 2 is 2.00 bits per heavy atom. The van der Waals surface area contributed by atoms with Crippen molar-refractivity contribution in [1.82, 2.24) is 14.9 Å². The van der Waals surface area contributed by atoms with Crippen LogP contribution in [0.5, 0.6) is 0 Å². The van der Waals surface area contributed by atoms with Crippen LogP contribution in [0, 0.1) is 6.92 Å². The van der Waals surface area contributed by atoms with Gasteiger partial charge in [0.15, 0.2) is 0 Å². The fourth-order valence-corrected chi connectivity index (χ4v) is 3.20. The van der Waals surface area contributed by atoms with Gasteiger partial charge in [0.2, 0.25) is 0 Å². The van der Waals surface area contributed by atoms with Gasteiger partial charge in [-0.25, -0.2) is 4.98 Å². The van der Waals surface area contributed by atoms with E-state index in [1.807, 2.05) is 63.4 Å². The smallest absolute Gasteiger partial charge is 0.126 e. The van der Waals surface area contributed by atoms with Crippen molar-refractivity contribution in [2.75, 3.05) is 6.54 Å². The predicted octanol–water partition coefficient (Wildman–Crippen LogP) is 3.92. The van der Waals surface area contributed by atoms with Crippen molar-refractivity contribution in [2.45, 2.75) is 26.0 Å². The molecular formula is C19H22ClN3O. The van der Waals surface area contributed by atoms with E-state index >= 15 is 0 Å². The van der Waals surface area contributed by atoms with Crippen molar-refractivity contribution in [3.63, 3.8) is 0 Å². The summed E-state index contributed by atoms with van der Waals surface area (Å²) in [6.45, 7) is 4.53. The highest BCUT2D eigenvalue weighted by atomic mass is 35.5. The van der Waals surface area contributed by atoms with Crippen LogP contribution in [-0.4, -0.2) is 21.2 Å². The van der Waals surface area contributed by atoms with E-state index in [-0.39, 0.29) is 6.04 Å². The Morgan fingerprint density at radius 1 is 1.25 bits per heavy atom. The van der Waals surface area contributed by atoms with E-state index in [4.69, 9.17) is 11.6 Å². The number of aryl methyl sites for hydroxylation is 2. The molecule has 0 aliphatic carbocycles. The minimum Gasteiger partial charge on any atom is -0.387 e. The van der Waals surface area contributed by atoms with Crippen molar-refractivity contribution in [3.05, 3.63) is 64.4 Å². The van der Waals surface area contributed by atoms with Crippen molar-refractivity contribution < 1.29 is 5.11 Å². The van der Waals surface area contributed by atoms with Crippen molar-refractivity contribution in [2.24, 2.45) is 7.05 Å². The largest absolute Gasteiger partial charge is 0.387 e. The summed E-state index contributed by atoms with van der Waals surface area (Å²) in [6.07, 6.45) is -0.544. The average molecular weight is 344 g/mol. The van der Waals surface area contributed by atoms with Gasteiger partial charge in [0.05, 0.1) is 23.2 Å². The molecule has 1 aromatic heterocycles. The lowest BCUT2D eigenvalue weighted by Crippen LogP contribution is -2.26. The third kappa shape index (κ3) is 3.31. The maximum Gasteiger partial charge on any atom is 0.126 e. The van der Waals surface area contributed by atoms with Crippen LogP contribution in [0.4, 0.5) is 0 Å². The van der Waals surface area contributed by atoms with E-state index in [0.717, 1.165) is 28.0 Å². The zero-order chi connectivity index (χ0) is 17.3. The molecule has 4 nitrogen and oxygen atoms in total. The van der Waals surface area contributed by atoms with Crippen LogP contribution in [-0.2, 0) is 7.05 Å². The molecule has 5 heteroatoms. The van der Waals surface area contributed by atoms with Gasteiger partial charge in [0.25, 0.3) is 0 Å². The summed E-state index contributed by atoms with van der Waals surface area (Å²) in [7, 11) is 1.99. The van der Waals surface area contributed by atoms with Crippen molar-refractivity contribution >= 4 is 22.6 Å². The summed E-state index contributed by atoms with van der Waals surface area (Å²) in [5.74, 6) is 0.921. The van der Waals surface area contributed by atoms with Crippen LogP contribution in [0.1, 0.15) is 36.0 Å². The highest BCUT2D eigenvalue weighted by molar-refractivity contribution is 6.31. The minimum absolute atomic E-state index is 0.0137. The lowest BCUT2D eigenvalue weighted by atomic mass is 10.0. The first-order valence-corrected chi connectivity index (χ1v) is 8.44. The van der Waals surface area contributed by atoms with Gasteiger partial charge in [-0.15, -0.1) is 0 Å². The first kappa shape index (κ1) is 17.0. The maximum atomic E-state index is 10.4. The monoisotopic (exact) mass is 343 g/mol. The summed E-state index contributed by atoms with van der Waals surface area (Å²) in [5, 5.41) is 14.5. The third-order valence-corrected chi connectivity index (χ3v) is 4.66. The minimum atomic E-state index is -0.544. The molecule has 0 fully saturated rings. The van der Waals surface area contributed by atoms with E-state index in [1.165, 1.54) is 0 Å². The normalized spacial score (nSPS) is 14.0. The van der Waals surface area contributed by atoms with Crippen LogP contribution in [0.15, 0.2) is 42.5 Å². The first-order valence-electron chi connectivity index (χ1n) is 8.06. The lowest BCUT2D eigenvalue weighted by molar-refractivity contribution is 0.169. The number of aliphatic hydroxyl groups is 1. The van der Waals surface area contributed by atoms with E-state index in [9.17, 15) is 5.11 Å². The fraction of sp³-hybridized carbons (Fsp3) is 0.316. The van der Waals surface area contributed by atoms with Gasteiger partial charge in [-0.1, -0.05) is 35.9 Å². The van der Waals surface area contributed by atoms with E-state index < -0.39 is 6.10 Å². The molecule has 2 N–H and O–H groups in total. The number of hydrogen-bond acceptors (Lipinski definition) is 3. The Morgan fingerprint density at radius 3 is 2.75 bits per heavy atom. The molecule has 0 amide bonds. The Hall–Kier alpha value is -1.88. The molecule has 2 atom stereocenters. The van der Waals surface area contributed by atoms with Gasteiger partial charge >= 0.3 is 0 Å². The molecular weight excluding hydrogens is 322 g/mol. The number of imidazole rings is 1. The molecule has 0 radical (unpaired) electrons. The lowest BCUT2D eigenvalue weighted by Gasteiger charge is -2.18. The average Bonchev–Trinajstić information content (AvgIpc) is 2.89. The second kappa shape index (κ2) is 6.93. The zero-order valence-corrected chi connectivity index (χ0v) is 14.9. The standard InChI is InChI=1S/C19H22ClN3O/c1-12-6-4-5-7-15(12)18(24)11-21-13(2)19-22-16-10-14(20)8-9-17(16)23(19)3/h4-10,13,18,21,24H,11H2,1-3H3. The molecule has 0 bridgehead atoms. The van der Waals surface area contributed by atoms with Gasteiger partial charge in [0, 0.05) is 18.6 Å². The molecule has 2 aromatic carbocycles. The molecule has 1 heterocycles. The number of nitrogens with zero attached hydrogens (tertiary/aromatic N) is 2. The Labute approximate surface area is 147 Å². The Kier molecular flexibility index (Phi) is 4.90. The van der Waals surface area contributed by atoms with E-state index in [1.54, 1.807) is 0 Å². The van der Waals surface area contributed by atoms with E-state index in [2.05, 4.69) is 14.9 Å². The molecule has 0 aliphatic rings. The number of benzene rings is 2. The summed E-state index contributed by atoms with van der Waals surface area (Å²) in [5.41, 5.74) is 3.97. The van der Waals surface area contributed by atoms with Crippen molar-refractivity contribution in [3.8, 4) is 0 Å². The number of aliphatic hydroxyl groups excluding tert-OH is 1. The fourth-order valence-electron chi connectivity index (χ4n) is 3.03. The Balaban J connectivity index is 1.74. The molecule has 0 aliphatic heterocycles. The molecule has 126 valence electrons. The molecule has 3 rings (SSSR count). The molecule has 24 heavy (non-hydrogen) atoms. The number of fused-ring (bicyclic) bond motifs is 1. The molecule has 3 aromatic rings. The maximum absolute atomic E-state index is 10.4. The second-order valence-corrected chi connectivity index (χ2v) is 6.60. The number of halogens is 1. The molecule has 0 saturated carbocycles.